The van der Waals surface area contributed by atoms with Gasteiger partial charge in [-0.3, -0.25) is 0 Å². The van der Waals surface area contributed by atoms with Crippen LogP contribution in [0.15, 0.2) is 52.3 Å². The minimum absolute atomic E-state index is 0.274. The van der Waals surface area contributed by atoms with Gasteiger partial charge in [-0.25, -0.2) is 9.37 Å². The van der Waals surface area contributed by atoms with Gasteiger partial charge in [-0.1, -0.05) is 28.1 Å². The van der Waals surface area contributed by atoms with E-state index in [9.17, 15) is 4.39 Å². The van der Waals surface area contributed by atoms with Crippen molar-refractivity contribution in [2.45, 2.75) is 0 Å². The smallest absolute Gasteiger partial charge is 0.125 e. The van der Waals surface area contributed by atoms with Crippen LogP contribution >= 0.6 is 27.3 Å². The maximum atomic E-state index is 13.4. The van der Waals surface area contributed by atoms with Crippen LogP contribution in [0.5, 0.6) is 0 Å². The average Bonchev–Trinajstić information content (AvgIpc) is 2.91. The van der Waals surface area contributed by atoms with Crippen molar-refractivity contribution in [3.8, 4) is 21.8 Å². The third kappa shape index (κ3) is 2.59. The van der Waals surface area contributed by atoms with Crippen LogP contribution in [-0.2, 0) is 0 Å². The van der Waals surface area contributed by atoms with Gasteiger partial charge >= 0.3 is 0 Å². The van der Waals surface area contributed by atoms with Gasteiger partial charge in [0.15, 0.2) is 0 Å². The van der Waals surface area contributed by atoms with Crippen LogP contribution in [-0.4, -0.2) is 4.98 Å². The first kappa shape index (κ1) is 13.3. The van der Waals surface area contributed by atoms with Gasteiger partial charge < -0.3 is 5.73 Å². The molecule has 0 aliphatic carbocycles. The molecule has 0 saturated carbocycles. The van der Waals surface area contributed by atoms with Gasteiger partial charge in [-0.15, -0.1) is 11.3 Å². The molecule has 2 nitrogen and oxygen atoms in total. The van der Waals surface area contributed by atoms with E-state index >= 15 is 0 Å². The number of anilines is 1. The molecule has 100 valence electrons. The molecular weight excluding hydrogens is 339 g/mol. The van der Waals surface area contributed by atoms with E-state index in [1.807, 2.05) is 29.6 Å². The fraction of sp³-hybridized carbons (Fsp3) is 0. The van der Waals surface area contributed by atoms with Crippen molar-refractivity contribution >= 4 is 33.0 Å². The third-order valence-corrected chi connectivity index (χ3v) is 4.41. The van der Waals surface area contributed by atoms with Crippen molar-refractivity contribution in [3.05, 3.63) is 58.1 Å². The summed E-state index contributed by atoms with van der Waals surface area (Å²) in [6.07, 6.45) is 0. The van der Waals surface area contributed by atoms with Gasteiger partial charge in [0.2, 0.25) is 0 Å². The van der Waals surface area contributed by atoms with Gasteiger partial charge in [-0.05, 0) is 30.3 Å². The normalized spacial score (nSPS) is 10.7. The lowest BCUT2D eigenvalue weighted by Crippen LogP contribution is -1.86. The second-order valence-corrected chi connectivity index (χ2v) is 6.00. The minimum Gasteiger partial charge on any atom is -0.399 e. The van der Waals surface area contributed by atoms with E-state index in [-0.39, 0.29) is 5.82 Å². The number of hydrogen-bond acceptors (Lipinski definition) is 3. The second-order valence-electron chi connectivity index (χ2n) is 4.29. The molecule has 0 saturated heterocycles. The van der Waals surface area contributed by atoms with Crippen molar-refractivity contribution in [2.24, 2.45) is 0 Å². The minimum atomic E-state index is -0.274. The number of rotatable bonds is 2. The Morgan fingerprint density at radius 1 is 1.15 bits per heavy atom. The third-order valence-electron chi connectivity index (χ3n) is 2.85. The quantitative estimate of drug-likeness (QED) is 0.664. The summed E-state index contributed by atoms with van der Waals surface area (Å²) in [4.78, 5) is 4.56. The molecular formula is C15H10BrFN2S. The molecule has 1 heterocycles. The lowest BCUT2D eigenvalue weighted by molar-refractivity contribution is 0.628. The highest BCUT2D eigenvalue weighted by Gasteiger charge is 2.10. The maximum Gasteiger partial charge on any atom is 0.125 e. The largest absolute Gasteiger partial charge is 0.399 e. The number of aromatic nitrogens is 1. The highest BCUT2D eigenvalue weighted by molar-refractivity contribution is 9.10. The lowest BCUT2D eigenvalue weighted by Gasteiger charge is -2.01. The summed E-state index contributed by atoms with van der Waals surface area (Å²) in [6, 6.07) is 12.1. The molecule has 0 fully saturated rings. The number of thiazole rings is 1. The maximum absolute atomic E-state index is 13.4. The molecule has 0 radical (unpaired) electrons. The first-order chi connectivity index (χ1) is 9.63. The zero-order chi connectivity index (χ0) is 14.1. The molecule has 0 amide bonds. The SMILES string of the molecule is Nc1cccc(-c2csc(-c3cc(F)ccc3Br)n2)c1. The molecule has 0 aliphatic heterocycles. The molecule has 5 heteroatoms. The molecule has 0 aliphatic rings. The van der Waals surface area contributed by atoms with E-state index in [1.165, 1.54) is 23.5 Å². The predicted octanol–water partition coefficient (Wildman–Crippen LogP) is 4.96. The number of nitrogens with two attached hydrogens (primary N) is 1. The fourth-order valence-electron chi connectivity index (χ4n) is 1.89. The van der Waals surface area contributed by atoms with Gasteiger partial charge in [0.05, 0.1) is 5.69 Å². The molecule has 1 aromatic heterocycles. The van der Waals surface area contributed by atoms with E-state index < -0.39 is 0 Å². The number of hydrogen-bond donors (Lipinski definition) is 1. The molecule has 20 heavy (non-hydrogen) atoms. The van der Waals surface area contributed by atoms with Crippen LogP contribution in [0.2, 0.25) is 0 Å². The van der Waals surface area contributed by atoms with Gasteiger partial charge in [-0.2, -0.15) is 0 Å². The van der Waals surface area contributed by atoms with Crippen LogP contribution in [0, 0.1) is 5.82 Å². The molecule has 0 atom stereocenters. The highest BCUT2D eigenvalue weighted by Crippen LogP contribution is 2.34. The van der Waals surface area contributed by atoms with Crippen molar-refractivity contribution < 1.29 is 4.39 Å². The van der Waals surface area contributed by atoms with Crippen molar-refractivity contribution in [3.63, 3.8) is 0 Å². The Kier molecular flexibility index (Phi) is 3.54. The highest BCUT2D eigenvalue weighted by atomic mass is 79.9. The zero-order valence-corrected chi connectivity index (χ0v) is 12.7. The van der Waals surface area contributed by atoms with E-state index in [4.69, 9.17) is 5.73 Å². The van der Waals surface area contributed by atoms with Crippen LogP contribution in [0.1, 0.15) is 0 Å². The van der Waals surface area contributed by atoms with Crippen LogP contribution in [0.4, 0.5) is 10.1 Å². The summed E-state index contributed by atoms with van der Waals surface area (Å²) in [5, 5.41) is 2.72. The number of benzene rings is 2. The summed E-state index contributed by atoms with van der Waals surface area (Å²) in [6.45, 7) is 0. The Labute approximate surface area is 128 Å². The standard InChI is InChI=1S/C15H10BrFN2S/c16-13-5-4-10(17)7-12(13)15-19-14(8-20-15)9-2-1-3-11(18)6-9/h1-8H,18H2. The summed E-state index contributed by atoms with van der Waals surface area (Å²) < 4.78 is 14.2. The van der Waals surface area contributed by atoms with Gasteiger partial charge in [0, 0.05) is 26.7 Å². The summed E-state index contributed by atoms with van der Waals surface area (Å²) in [5.74, 6) is -0.274. The Morgan fingerprint density at radius 2 is 2.00 bits per heavy atom. The topological polar surface area (TPSA) is 38.9 Å². The second kappa shape index (κ2) is 5.34. The number of halogens is 2. The molecule has 0 spiro atoms. The lowest BCUT2D eigenvalue weighted by atomic mass is 10.1. The number of nitrogen functional groups attached to an aromatic ring is 1. The van der Waals surface area contributed by atoms with Crippen LogP contribution < -0.4 is 5.73 Å². The Morgan fingerprint density at radius 3 is 2.80 bits per heavy atom. The van der Waals surface area contributed by atoms with Crippen LogP contribution in [0.3, 0.4) is 0 Å². The Hall–Kier alpha value is -1.72. The first-order valence-electron chi connectivity index (χ1n) is 5.90. The molecule has 3 rings (SSSR count). The molecule has 3 aromatic rings. The van der Waals surface area contributed by atoms with Gasteiger partial charge in [0.1, 0.15) is 10.8 Å². The summed E-state index contributed by atoms with van der Waals surface area (Å²) in [5.41, 5.74) is 9.03. The molecule has 2 N–H and O–H groups in total. The van der Waals surface area contributed by atoms with E-state index in [2.05, 4.69) is 20.9 Å². The summed E-state index contributed by atoms with van der Waals surface area (Å²) in [7, 11) is 0. The molecule has 2 aromatic carbocycles. The fourth-order valence-corrected chi connectivity index (χ4v) is 3.31. The zero-order valence-electron chi connectivity index (χ0n) is 10.3. The monoisotopic (exact) mass is 348 g/mol. The van der Waals surface area contributed by atoms with Crippen LogP contribution in [0.25, 0.3) is 21.8 Å². The Balaban J connectivity index is 2.04. The van der Waals surface area contributed by atoms with E-state index in [0.29, 0.717) is 5.69 Å². The van der Waals surface area contributed by atoms with Crippen molar-refractivity contribution in [1.82, 2.24) is 4.98 Å². The van der Waals surface area contributed by atoms with E-state index in [0.717, 1.165) is 26.3 Å². The Bertz CT molecular complexity index is 770. The van der Waals surface area contributed by atoms with Crippen molar-refractivity contribution in [2.75, 3.05) is 5.73 Å². The van der Waals surface area contributed by atoms with Crippen molar-refractivity contribution in [1.29, 1.82) is 0 Å². The van der Waals surface area contributed by atoms with E-state index in [1.54, 1.807) is 6.07 Å². The number of nitrogens with zero attached hydrogens (tertiary/aromatic N) is 1. The molecule has 0 bridgehead atoms. The predicted molar refractivity (Wildman–Crippen MR) is 85.1 cm³/mol. The first-order valence-corrected chi connectivity index (χ1v) is 7.57. The summed E-state index contributed by atoms with van der Waals surface area (Å²) >= 11 is 4.90. The average molecular weight is 349 g/mol. The van der Waals surface area contributed by atoms with Gasteiger partial charge in [0.25, 0.3) is 0 Å². The molecule has 0 unspecified atom stereocenters.